The molecule has 0 fully saturated rings. The molecular weight excluding hydrogens is 342 g/mol. The normalized spacial score (nSPS) is 11.5. The second-order valence-corrected chi connectivity index (χ2v) is 7.33. The summed E-state index contributed by atoms with van der Waals surface area (Å²) in [5.74, 6) is 0. The lowest BCUT2D eigenvalue weighted by Gasteiger charge is -2.08. The maximum absolute atomic E-state index is 12.8. The number of aryl methyl sites for hydroxylation is 2. The molecule has 0 saturated carbocycles. The molecule has 0 amide bonds. The molecule has 4 aromatic rings. The third-order valence-corrected chi connectivity index (χ3v) is 5.69. The Bertz CT molecular complexity index is 1150. The molecule has 6 heteroatoms. The molecule has 3 aromatic heterocycles. The van der Waals surface area contributed by atoms with Crippen LogP contribution in [0.4, 0.5) is 0 Å². The molecule has 0 saturated heterocycles. The molecule has 4 rings (SSSR count). The highest BCUT2D eigenvalue weighted by Gasteiger charge is 2.13. The first-order valence-electron chi connectivity index (χ1n) is 7.54. The Labute approximate surface area is 147 Å². The minimum Gasteiger partial charge on any atom is -0.294 e. The SMILES string of the molecule is Cc1sc2ncn(Cc3cc4ccccc4nc3Cl)c(=O)c2c1C. The van der Waals surface area contributed by atoms with Crippen molar-refractivity contribution >= 4 is 44.1 Å². The van der Waals surface area contributed by atoms with Crippen LogP contribution in [0.2, 0.25) is 5.15 Å². The second kappa shape index (κ2) is 5.69. The Hall–Kier alpha value is -2.24. The van der Waals surface area contributed by atoms with E-state index in [1.165, 1.54) is 0 Å². The third kappa shape index (κ3) is 2.41. The summed E-state index contributed by atoms with van der Waals surface area (Å²) in [5.41, 5.74) is 2.62. The standard InChI is InChI=1S/C18H14ClN3OS/c1-10-11(2)24-17-15(10)18(23)22(9-20-17)8-13-7-12-5-3-4-6-14(12)21-16(13)19/h3-7,9H,8H2,1-2H3. The molecule has 0 N–H and O–H groups in total. The summed E-state index contributed by atoms with van der Waals surface area (Å²) in [5, 5.41) is 2.12. The zero-order valence-electron chi connectivity index (χ0n) is 13.2. The Balaban J connectivity index is 1.85. The number of hydrogen-bond donors (Lipinski definition) is 0. The Morgan fingerprint density at radius 2 is 2.04 bits per heavy atom. The Morgan fingerprint density at radius 1 is 1.25 bits per heavy atom. The van der Waals surface area contributed by atoms with Crippen LogP contribution in [0.15, 0.2) is 41.5 Å². The summed E-state index contributed by atoms with van der Waals surface area (Å²) in [6.45, 7) is 4.33. The molecule has 0 spiro atoms. The molecule has 1 aromatic carbocycles. The summed E-state index contributed by atoms with van der Waals surface area (Å²) in [6.07, 6.45) is 1.59. The van der Waals surface area contributed by atoms with Gasteiger partial charge >= 0.3 is 0 Å². The predicted molar refractivity (Wildman–Crippen MR) is 99.2 cm³/mol. The summed E-state index contributed by atoms with van der Waals surface area (Å²) in [6, 6.07) is 9.77. The quantitative estimate of drug-likeness (QED) is 0.503. The molecule has 24 heavy (non-hydrogen) atoms. The summed E-state index contributed by atoms with van der Waals surface area (Å²) in [4.78, 5) is 23.6. The van der Waals surface area contributed by atoms with E-state index in [0.717, 1.165) is 31.7 Å². The first-order chi connectivity index (χ1) is 11.5. The molecule has 0 aliphatic carbocycles. The van der Waals surface area contributed by atoms with Crippen LogP contribution in [0.25, 0.3) is 21.1 Å². The van der Waals surface area contributed by atoms with Crippen molar-refractivity contribution in [1.82, 2.24) is 14.5 Å². The minimum absolute atomic E-state index is 0.0360. The van der Waals surface area contributed by atoms with Crippen LogP contribution in [0.5, 0.6) is 0 Å². The highest BCUT2D eigenvalue weighted by molar-refractivity contribution is 7.18. The number of thiophene rings is 1. The molecule has 3 heterocycles. The van der Waals surface area contributed by atoms with Crippen molar-refractivity contribution in [2.45, 2.75) is 20.4 Å². The smallest absolute Gasteiger partial charge is 0.262 e. The van der Waals surface area contributed by atoms with E-state index in [2.05, 4.69) is 9.97 Å². The van der Waals surface area contributed by atoms with Gasteiger partial charge in [-0.1, -0.05) is 29.8 Å². The summed E-state index contributed by atoms with van der Waals surface area (Å²) in [7, 11) is 0. The minimum atomic E-state index is -0.0360. The first-order valence-corrected chi connectivity index (χ1v) is 8.73. The molecule has 0 bridgehead atoms. The topological polar surface area (TPSA) is 47.8 Å². The van der Waals surface area contributed by atoms with Gasteiger partial charge in [-0.05, 0) is 31.5 Å². The lowest BCUT2D eigenvalue weighted by atomic mass is 10.1. The maximum atomic E-state index is 12.8. The number of halogens is 1. The van der Waals surface area contributed by atoms with E-state index in [9.17, 15) is 4.79 Å². The molecule has 4 nitrogen and oxygen atoms in total. The van der Waals surface area contributed by atoms with Gasteiger partial charge in [0.15, 0.2) is 0 Å². The highest BCUT2D eigenvalue weighted by atomic mass is 35.5. The predicted octanol–water partition coefficient (Wildman–Crippen LogP) is 4.32. The number of aromatic nitrogens is 3. The van der Waals surface area contributed by atoms with Crippen LogP contribution in [0.1, 0.15) is 16.0 Å². The molecule has 0 atom stereocenters. The van der Waals surface area contributed by atoms with Crippen LogP contribution in [-0.2, 0) is 6.54 Å². The van der Waals surface area contributed by atoms with Crippen LogP contribution in [0, 0.1) is 13.8 Å². The van der Waals surface area contributed by atoms with Crippen LogP contribution >= 0.6 is 22.9 Å². The number of para-hydroxylation sites is 1. The number of hydrogen-bond acceptors (Lipinski definition) is 4. The average Bonchev–Trinajstić information content (AvgIpc) is 2.86. The number of pyridine rings is 1. The van der Waals surface area contributed by atoms with E-state index in [0.29, 0.717) is 17.1 Å². The fourth-order valence-electron chi connectivity index (χ4n) is 2.81. The number of fused-ring (bicyclic) bond motifs is 2. The summed E-state index contributed by atoms with van der Waals surface area (Å²) < 4.78 is 1.60. The molecule has 0 unspecified atom stereocenters. The van der Waals surface area contributed by atoms with Gasteiger partial charge in [-0.15, -0.1) is 11.3 Å². The number of nitrogens with zero attached hydrogens (tertiary/aromatic N) is 3. The van der Waals surface area contributed by atoms with Gasteiger partial charge < -0.3 is 0 Å². The third-order valence-electron chi connectivity index (χ3n) is 4.25. The van der Waals surface area contributed by atoms with Gasteiger partial charge in [0, 0.05) is 15.8 Å². The van der Waals surface area contributed by atoms with E-state index < -0.39 is 0 Å². The van der Waals surface area contributed by atoms with Gasteiger partial charge in [-0.25, -0.2) is 9.97 Å². The Kier molecular flexibility index (Phi) is 3.62. The largest absolute Gasteiger partial charge is 0.294 e. The van der Waals surface area contributed by atoms with Crippen LogP contribution in [-0.4, -0.2) is 14.5 Å². The average molecular weight is 356 g/mol. The lowest BCUT2D eigenvalue weighted by Crippen LogP contribution is -2.21. The van der Waals surface area contributed by atoms with Crippen molar-refractivity contribution in [2.24, 2.45) is 0 Å². The molecule has 0 aliphatic rings. The summed E-state index contributed by atoms with van der Waals surface area (Å²) >= 11 is 7.86. The first kappa shape index (κ1) is 15.3. The monoisotopic (exact) mass is 355 g/mol. The fourth-order valence-corrected chi connectivity index (χ4v) is 4.01. The molecule has 0 aliphatic heterocycles. The van der Waals surface area contributed by atoms with Crippen molar-refractivity contribution in [2.75, 3.05) is 0 Å². The number of rotatable bonds is 2. The van der Waals surface area contributed by atoms with Crippen molar-refractivity contribution < 1.29 is 0 Å². The van der Waals surface area contributed by atoms with Crippen LogP contribution < -0.4 is 5.56 Å². The van der Waals surface area contributed by atoms with E-state index in [-0.39, 0.29) is 5.56 Å². The van der Waals surface area contributed by atoms with Crippen molar-refractivity contribution in [1.29, 1.82) is 0 Å². The second-order valence-electron chi connectivity index (χ2n) is 5.77. The van der Waals surface area contributed by atoms with Crippen molar-refractivity contribution in [3.63, 3.8) is 0 Å². The van der Waals surface area contributed by atoms with Gasteiger partial charge in [0.05, 0.1) is 23.8 Å². The maximum Gasteiger partial charge on any atom is 0.262 e. The zero-order valence-corrected chi connectivity index (χ0v) is 14.8. The van der Waals surface area contributed by atoms with Gasteiger partial charge in [0.25, 0.3) is 5.56 Å². The molecule has 0 radical (unpaired) electrons. The molecular formula is C18H14ClN3OS. The van der Waals surface area contributed by atoms with Crippen molar-refractivity contribution in [3.05, 3.63) is 68.2 Å². The van der Waals surface area contributed by atoms with Gasteiger partial charge in [0.1, 0.15) is 9.98 Å². The van der Waals surface area contributed by atoms with Crippen LogP contribution in [0.3, 0.4) is 0 Å². The zero-order chi connectivity index (χ0) is 16.8. The van der Waals surface area contributed by atoms with E-state index in [4.69, 9.17) is 11.6 Å². The lowest BCUT2D eigenvalue weighted by molar-refractivity contribution is 0.747. The van der Waals surface area contributed by atoms with Gasteiger partial charge in [0.2, 0.25) is 0 Å². The van der Waals surface area contributed by atoms with Gasteiger partial charge in [-0.3, -0.25) is 9.36 Å². The molecule has 120 valence electrons. The fraction of sp³-hybridized carbons (Fsp3) is 0.167. The van der Waals surface area contributed by atoms with Gasteiger partial charge in [-0.2, -0.15) is 0 Å². The van der Waals surface area contributed by atoms with E-state index >= 15 is 0 Å². The number of benzene rings is 1. The van der Waals surface area contributed by atoms with E-state index in [1.54, 1.807) is 22.2 Å². The van der Waals surface area contributed by atoms with Crippen molar-refractivity contribution in [3.8, 4) is 0 Å². The Morgan fingerprint density at radius 3 is 2.88 bits per heavy atom. The highest BCUT2D eigenvalue weighted by Crippen LogP contribution is 2.26. The van der Waals surface area contributed by atoms with E-state index in [1.807, 2.05) is 44.2 Å².